The molecule has 0 aliphatic rings. The van der Waals surface area contributed by atoms with Gasteiger partial charge in [0.15, 0.2) is 0 Å². The number of hydrogen-bond acceptors (Lipinski definition) is 0. The van der Waals surface area contributed by atoms with Gasteiger partial charge in [0.1, 0.15) is 0 Å². The Morgan fingerprint density at radius 2 is 0.864 bits per heavy atom. The van der Waals surface area contributed by atoms with Gasteiger partial charge in [-0.3, -0.25) is 0 Å². The monoisotopic (exact) mass is 625 g/mol. The van der Waals surface area contributed by atoms with E-state index in [0.717, 1.165) is 10.2 Å². The highest BCUT2D eigenvalue weighted by atomic mass is 79.9. The quantitative estimate of drug-likeness (QED) is 0.179. The van der Waals surface area contributed by atoms with Gasteiger partial charge >= 0.3 is 0 Å². The van der Waals surface area contributed by atoms with Crippen molar-refractivity contribution in [3.05, 3.63) is 174 Å². The van der Waals surface area contributed by atoms with Crippen molar-refractivity contribution in [2.24, 2.45) is 0 Å². The van der Waals surface area contributed by atoms with Gasteiger partial charge in [-0.2, -0.15) is 0 Å². The first-order chi connectivity index (χ1) is 21.7. The van der Waals surface area contributed by atoms with Crippen LogP contribution in [0.3, 0.4) is 0 Å². The standard InChI is InChI=1S/C42H28BrN/c43-40-17-9-7-15-37(40)32-21-19-31(20-22-32)33-23-24-39-38-16-8-10-18-41(38)44(42(39)28-33)36-26-34(29-11-3-1-4-12-29)25-35(27-36)30-13-5-2-6-14-30/h1-28H. The van der Waals surface area contributed by atoms with Gasteiger partial charge in [0.25, 0.3) is 0 Å². The number of aromatic nitrogens is 1. The molecular weight excluding hydrogens is 598 g/mol. The van der Waals surface area contributed by atoms with Crippen LogP contribution < -0.4 is 0 Å². The topological polar surface area (TPSA) is 4.93 Å². The van der Waals surface area contributed by atoms with Crippen LogP contribution in [-0.2, 0) is 0 Å². The fourth-order valence-corrected chi connectivity index (χ4v) is 6.81. The van der Waals surface area contributed by atoms with Gasteiger partial charge in [0, 0.05) is 20.9 Å². The molecule has 0 bridgehead atoms. The third-order valence-corrected chi connectivity index (χ3v) is 9.16. The number of rotatable bonds is 5. The third-order valence-electron chi connectivity index (χ3n) is 8.47. The molecule has 8 aromatic rings. The Bertz CT molecular complexity index is 2200. The van der Waals surface area contributed by atoms with Crippen LogP contribution >= 0.6 is 15.9 Å². The van der Waals surface area contributed by atoms with Crippen molar-refractivity contribution >= 4 is 37.7 Å². The van der Waals surface area contributed by atoms with Crippen LogP contribution in [0.15, 0.2) is 174 Å². The van der Waals surface area contributed by atoms with Gasteiger partial charge in [0.05, 0.1) is 11.0 Å². The Labute approximate surface area is 265 Å². The number of hydrogen-bond donors (Lipinski definition) is 0. The summed E-state index contributed by atoms with van der Waals surface area (Å²) in [6.45, 7) is 0. The molecule has 1 aromatic heterocycles. The first-order valence-electron chi connectivity index (χ1n) is 14.9. The van der Waals surface area contributed by atoms with E-state index in [2.05, 4.69) is 190 Å². The Kier molecular flexibility index (Phi) is 6.70. The number of nitrogens with zero attached hydrogens (tertiary/aromatic N) is 1. The van der Waals surface area contributed by atoms with Gasteiger partial charge in [-0.1, -0.05) is 149 Å². The van der Waals surface area contributed by atoms with E-state index in [1.165, 1.54) is 66.3 Å². The van der Waals surface area contributed by atoms with Crippen LogP contribution in [0.1, 0.15) is 0 Å². The molecule has 1 heterocycles. The highest BCUT2D eigenvalue weighted by molar-refractivity contribution is 9.10. The molecule has 208 valence electrons. The van der Waals surface area contributed by atoms with E-state index in [9.17, 15) is 0 Å². The molecule has 0 saturated carbocycles. The predicted octanol–water partition coefficient (Wildman–Crippen LogP) is 12.2. The van der Waals surface area contributed by atoms with Gasteiger partial charge in [-0.25, -0.2) is 0 Å². The van der Waals surface area contributed by atoms with Crippen LogP contribution in [0.5, 0.6) is 0 Å². The summed E-state index contributed by atoms with van der Waals surface area (Å²) < 4.78 is 3.54. The number of fused-ring (bicyclic) bond motifs is 3. The van der Waals surface area contributed by atoms with E-state index in [1.54, 1.807) is 0 Å². The molecule has 0 radical (unpaired) electrons. The maximum Gasteiger partial charge on any atom is 0.0547 e. The van der Waals surface area contributed by atoms with Crippen LogP contribution in [0.2, 0.25) is 0 Å². The SMILES string of the molecule is Brc1ccccc1-c1ccc(-c2ccc3c4ccccc4n(-c4cc(-c5ccccc5)cc(-c5ccccc5)c4)c3c2)cc1. The van der Waals surface area contributed by atoms with Crippen molar-refractivity contribution in [3.8, 4) is 50.2 Å². The zero-order valence-electron chi connectivity index (χ0n) is 24.0. The average Bonchev–Trinajstić information content (AvgIpc) is 3.43. The first-order valence-corrected chi connectivity index (χ1v) is 15.7. The van der Waals surface area contributed by atoms with Gasteiger partial charge < -0.3 is 4.57 Å². The summed E-state index contributed by atoms with van der Waals surface area (Å²) in [6, 6.07) is 61.2. The van der Waals surface area contributed by atoms with Crippen LogP contribution in [0, 0.1) is 0 Å². The normalized spacial score (nSPS) is 11.3. The minimum atomic E-state index is 1.10. The fraction of sp³-hybridized carbons (Fsp3) is 0. The second-order valence-electron chi connectivity index (χ2n) is 11.1. The molecule has 0 amide bonds. The predicted molar refractivity (Wildman–Crippen MR) is 190 cm³/mol. The zero-order chi connectivity index (χ0) is 29.5. The van der Waals surface area contributed by atoms with Crippen molar-refractivity contribution in [3.63, 3.8) is 0 Å². The molecule has 0 spiro atoms. The Hall–Kier alpha value is -5.18. The van der Waals surface area contributed by atoms with Gasteiger partial charge in [-0.05, 0) is 80.9 Å². The minimum Gasteiger partial charge on any atom is -0.309 e. The molecule has 0 saturated heterocycles. The Balaban J connectivity index is 1.33. The summed E-state index contributed by atoms with van der Waals surface area (Å²) in [5.74, 6) is 0. The summed E-state index contributed by atoms with van der Waals surface area (Å²) in [4.78, 5) is 0. The highest BCUT2D eigenvalue weighted by Crippen LogP contribution is 2.38. The fourth-order valence-electron chi connectivity index (χ4n) is 6.30. The van der Waals surface area contributed by atoms with E-state index >= 15 is 0 Å². The average molecular weight is 627 g/mol. The highest BCUT2D eigenvalue weighted by Gasteiger charge is 2.15. The lowest BCUT2D eigenvalue weighted by Gasteiger charge is -2.14. The molecule has 0 atom stereocenters. The van der Waals surface area contributed by atoms with Crippen LogP contribution in [0.25, 0.3) is 72.0 Å². The van der Waals surface area contributed by atoms with Crippen molar-refractivity contribution in [2.45, 2.75) is 0 Å². The Morgan fingerprint density at radius 1 is 0.341 bits per heavy atom. The molecule has 0 aliphatic heterocycles. The van der Waals surface area contributed by atoms with E-state index < -0.39 is 0 Å². The number of halogens is 1. The molecule has 0 fully saturated rings. The molecule has 0 N–H and O–H groups in total. The van der Waals surface area contributed by atoms with E-state index in [-0.39, 0.29) is 0 Å². The first kappa shape index (κ1) is 26.4. The minimum absolute atomic E-state index is 1.10. The molecule has 0 aliphatic carbocycles. The molecule has 1 nitrogen and oxygen atoms in total. The molecule has 7 aromatic carbocycles. The maximum absolute atomic E-state index is 3.71. The van der Waals surface area contributed by atoms with Crippen LogP contribution in [0.4, 0.5) is 0 Å². The van der Waals surface area contributed by atoms with E-state index in [4.69, 9.17) is 0 Å². The molecule has 2 heteroatoms. The van der Waals surface area contributed by atoms with Gasteiger partial charge in [-0.15, -0.1) is 0 Å². The summed E-state index contributed by atoms with van der Waals surface area (Å²) in [5.41, 5.74) is 13.2. The number of para-hydroxylation sites is 1. The summed E-state index contributed by atoms with van der Waals surface area (Å²) in [6.07, 6.45) is 0. The third kappa shape index (κ3) is 4.74. The number of benzene rings is 7. The Morgan fingerprint density at radius 3 is 1.55 bits per heavy atom. The van der Waals surface area contributed by atoms with Crippen molar-refractivity contribution in [1.29, 1.82) is 0 Å². The zero-order valence-corrected chi connectivity index (χ0v) is 25.6. The second kappa shape index (κ2) is 11.1. The largest absolute Gasteiger partial charge is 0.309 e. The van der Waals surface area contributed by atoms with Crippen LogP contribution in [-0.4, -0.2) is 4.57 Å². The van der Waals surface area contributed by atoms with Crippen molar-refractivity contribution < 1.29 is 0 Å². The van der Waals surface area contributed by atoms with E-state index in [0.29, 0.717) is 0 Å². The lowest BCUT2D eigenvalue weighted by atomic mass is 9.97. The molecule has 8 rings (SSSR count). The maximum atomic E-state index is 3.71. The van der Waals surface area contributed by atoms with Crippen molar-refractivity contribution in [1.82, 2.24) is 4.57 Å². The molecule has 44 heavy (non-hydrogen) atoms. The summed E-state index contributed by atoms with van der Waals surface area (Å²) in [7, 11) is 0. The summed E-state index contributed by atoms with van der Waals surface area (Å²) >= 11 is 3.71. The summed E-state index contributed by atoms with van der Waals surface area (Å²) in [5, 5.41) is 2.50. The van der Waals surface area contributed by atoms with E-state index in [1.807, 2.05) is 0 Å². The lowest BCUT2D eigenvalue weighted by Crippen LogP contribution is -1.96. The second-order valence-corrected chi connectivity index (χ2v) is 12.0. The lowest BCUT2D eigenvalue weighted by molar-refractivity contribution is 1.18. The van der Waals surface area contributed by atoms with Gasteiger partial charge in [0.2, 0.25) is 0 Å². The van der Waals surface area contributed by atoms with Crippen molar-refractivity contribution in [2.75, 3.05) is 0 Å². The molecule has 0 unspecified atom stereocenters. The molecular formula is C42H28BrN. The smallest absolute Gasteiger partial charge is 0.0547 e.